The molecule has 2 N–H and O–H groups in total. The second kappa shape index (κ2) is 6.99. The van der Waals surface area contributed by atoms with Gasteiger partial charge in [-0.15, -0.1) is 0 Å². The van der Waals surface area contributed by atoms with Crippen molar-refractivity contribution < 1.29 is 4.79 Å². The minimum atomic E-state index is 0.0642. The summed E-state index contributed by atoms with van der Waals surface area (Å²) < 4.78 is 0. The Labute approximate surface area is 88.3 Å². The van der Waals surface area contributed by atoms with E-state index in [0.29, 0.717) is 30.6 Å². The smallest absolute Gasteiger partial charge is 0.137 e. The van der Waals surface area contributed by atoms with Crippen LogP contribution in [0.5, 0.6) is 0 Å². The maximum Gasteiger partial charge on any atom is 0.137 e. The van der Waals surface area contributed by atoms with E-state index in [0.717, 1.165) is 12.8 Å². The van der Waals surface area contributed by atoms with Gasteiger partial charge < -0.3 is 5.73 Å². The first-order valence-electron chi connectivity index (χ1n) is 5.75. The number of ketones is 1. The molecule has 84 valence electrons. The highest BCUT2D eigenvalue weighted by molar-refractivity contribution is 5.81. The van der Waals surface area contributed by atoms with Crippen LogP contribution < -0.4 is 5.73 Å². The lowest BCUT2D eigenvalue weighted by atomic mass is 9.86. The van der Waals surface area contributed by atoms with Crippen LogP contribution in [0, 0.1) is 17.8 Å². The third-order valence-electron chi connectivity index (χ3n) is 2.80. The molecule has 0 fully saturated rings. The van der Waals surface area contributed by atoms with E-state index in [2.05, 4.69) is 27.7 Å². The number of Topliss-reactive ketones (excluding diaryl/α,β-unsaturated/α-hetero) is 1. The summed E-state index contributed by atoms with van der Waals surface area (Å²) in [6.45, 7) is 8.94. The monoisotopic (exact) mass is 199 g/mol. The van der Waals surface area contributed by atoms with Crippen LogP contribution in [0.25, 0.3) is 0 Å². The number of hydrogen-bond donors (Lipinski definition) is 1. The van der Waals surface area contributed by atoms with E-state index in [1.807, 2.05) is 0 Å². The van der Waals surface area contributed by atoms with Gasteiger partial charge in [0.25, 0.3) is 0 Å². The Bertz CT molecular complexity index is 166. The average molecular weight is 199 g/mol. The van der Waals surface area contributed by atoms with Gasteiger partial charge in [0.1, 0.15) is 5.78 Å². The maximum atomic E-state index is 11.8. The van der Waals surface area contributed by atoms with Gasteiger partial charge in [-0.25, -0.2) is 0 Å². The number of carbonyl (C=O) groups excluding carboxylic acids is 1. The van der Waals surface area contributed by atoms with Gasteiger partial charge in [-0.2, -0.15) is 0 Å². The summed E-state index contributed by atoms with van der Waals surface area (Å²) in [5.41, 5.74) is 5.60. The first-order chi connectivity index (χ1) is 6.52. The Hall–Kier alpha value is -0.370. The summed E-state index contributed by atoms with van der Waals surface area (Å²) in [5.74, 6) is 1.30. The lowest BCUT2D eigenvalue weighted by Crippen LogP contribution is -2.29. The van der Waals surface area contributed by atoms with Gasteiger partial charge in [0.15, 0.2) is 0 Å². The molecule has 2 nitrogen and oxygen atoms in total. The van der Waals surface area contributed by atoms with Crippen LogP contribution in [0.2, 0.25) is 0 Å². The van der Waals surface area contributed by atoms with Crippen LogP contribution in [0.1, 0.15) is 47.0 Å². The fourth-order valence-electron chi connectivity index (χ4n) is 1.87. The van der Waals surface area contributed by atoms with E-state index in [1.165, 1.54) is 0 Å². The molecule has 0 saturated carbocycles. The third kappa shape index (κ3) is 4.75. The Morgan fingerprint density at radius 1 is 1.29 bits per heavy atom. The summed E-state index contributed by atoms with van der Waals surface area (Å²) in [7, 11) is 0. The van der Waals surface area contributed by atoms with Gasteiger partial charge in [-0.3, -0.25) is 4.79 Å². The fourth-order valence-corrected chi connectivity index (χ4v) is 1.87. The van der Waals surface area contributed by atoms with Gasteiger partial charge in [0.2, 0.25) is 0 Å². The van der Waals surface area contributed by atoms with Crippen molar-refractivity contribution in [3.8, 4) is 0 Å². The quantitative estimate of drug-likeness (QED) is 0.685. The van der Waals surface area contributed by atoms with Crippen LogP contribution in [-0.2, 0) is 4.79 Å². The van der Waals surface area contributed by atoms with Crippen LogP contribution >= 0.6 is 0 Å². The highest BCUT2D eigenvalue weighted by Gasteiger charge is 2.21. The van der Waals surface area contributed by atoms with Crippen molar-refractivity contribution in [1.82, 2.24) is 0 Å². The minimum absolute atomic E-state index is 0.0642. The molecule has 0 radical (unpaired) electrons. The molecule has 2 atom stereocenters. The lowest BCUT2D eigenvalue weighted by Gasteiger charge is -2.19. The average Bonchev–Trinajstić information content (AvgIpc) is 2.04. The van der Waals surface area contributed by atoms with E-state index in [1.54, 1.807) is 0 Å². The largest absolute Gasteiger partial charge is 0.330 e. The van der Waals surface area contributed by atoms with E-state index in [4.69, 9.17) is 5.73 Å². The van der Waals surface area contributed by atoms with Crippen molar-refractivity contribution in [2.75, 3.05) is 6.54 Å². The van der Waals surface area contributed by atoms with Crippen LogP contribution in [-0.4, -0.2) is 12.3 Å². The summed E-state index contributed by atoms with van der Waals surface area (Å²) in [6, 6.07) is 0. The van der Waals surface area contributed by atoms with Crippen molar-refractivity contribution in [1.29, 1.82) is 0 Å². The second-order valence-corrected chi connectivity index (χ2v) is 4.65. The molecule has 0 saturated heterocycles. The van der Waals surface area contributed by atoms with E-state index >= 15 is 0 Å². The molecule has 0 aliphatic rings. The molecule has 14 heavy (non-hydrogen) atoms. The fraction of sp³-hybridized carbons (Fsp3) is 0.917. The normalized spacial score (nSPS) is 15.6. The molecule has 0 amide bonds. The summed E-state index contributed by atoms with van der Waals surface area (Å²) in [4.78, 5) is 11.8. The first kappa shape index (κ1) is 13.6. The first-order valence-corrected chi connectivity index (χ1v) is 5.75. The van der Waals surface area contributed by atoms with Gasteiger partial charge in [0.05, 0.1) is 0 Å². The number of carbonyl (C=O) groups is 1. The van der Waals surface area contributed by atoms with Crippen molar-refractivity contribution in [3.05, 3.63) is 0 Å². The third-order valence-corrected chi connectivity index (χ3v) is 2.80. The lowest BCUT2D eigenvalue weighted by molar-refractivity contribution is -0.124. The Kier molecular flexibility index (Phi) is 6.81. The molecule has 0 rings (SSSR count). The van der Waals surface area contributed by atoms with Crippen LogP contribution in [0.4, 0.5) is 0 Å². The molecule has 0 aromatic heterocycles. The van der Waals surface area contributed by atoms with E-state index in [9.17, 15) is 4.79 Å². The number of hydrogen-bond acceptors (Lipinski definition) is 2. The van der Waals surface area contributed by atoms with Gasteiger partial charge in [-0.05, 0) is 11.8 Å². The molecule has 2 heteroatoms. The van der Waals surface area contributed by atoms with Crippen molar-refractivity contribution in [3.63, 3.8) is 0 Å². The van der Waals surface area contributed by atoms with Crippen molar-refractivity contribution in [2.24, 2.45) is 23.5 Å². The van der Waals surface area contributed by atoms with Gasteiger partial charge >= 0.3 is 0 Å². The Morgan fingerprint density at radius 3 is 2.21 bits per heavy atom. The summed E-state index contributed by atoms with van der Waals surface area (Å²) >= 11 is 0. The van der Waals surface area contributed by atoms with Crippen molar-refractivity contribution >= 4 is 5.78 Å². The van der Waals surface area contributed by atoms with Crippen molar-refractivity contribution in [2.45, 2.75) is 47.0 Å². The SMILES string of the molecule is CCCC(C)CC(=O)C(CN)C(C)C. The summed E-state index contributed by atoms with van der Waals surface area (Å²) in [5, 5.41) is 0. The van der Waals surface area contributed by atoms with Gasteiger partial charge in [0, 0.05) is 18.9 Å². The van der Waals surface area contributed by atoms with Crippen LogP contribution in [0.15, 0.2) is 0 Å². The molecule has 0 spiro atoms. The Balaban J connectivity index is 4.04. The molecular weight excluding hydrogens is 174 g/mol. The standard InChI is InChI=1S/C12H25NO/c1-5-6-10(4)7-12(14)11(8-13)9(2)3/h9-11H,5-8,13H2,1-4H3. The highest BCUT2D eigenvalue weighted by Crippen LogP contribution is 2.18. The van der Waals surface area contributed by atoms with Crippen LogP contribution in [0.3, 0.4) is 0 Å². The predicted octanol–water partition coefficient (Wildman–Crippen LogP) is 2.61. The summed E-state index contributed by atoms with van der Waals surface area (Å²) in [6.07, 6.45) is 3.00. The minimum Gasteiger partial charge on any atom is -0.330 e. The zero-order valence-corrected chi connectivity index (χ0v) is 10.0. The zero-order chi connectivity index (χ0) is 11.1. The van der Waals surface area contributed by atoms with Gasteiger partial charge in [-0.1, -0.05) is 40.5 Å². The molecular formula is C12H25NO. The molecule has 0 aliphatic heterocycles. The maximum absolute atomic E-state index is 11.8. The number of rotatable bonds is 7. The molecule has 0 heterocycles. The number of nitrogens with two attached hydrogens (primary N) is 1. The molecule has 0 aromatic carbocycles. The predicted molar refractivity (Wildman–Crippen MR) is 61.1 cm³/mol. The molecule has 2 unspecified atom stereocenters. The molecule has 0 aromatic rings. The second-order valence-electron chi connectivity index (χ2n) is 4.65. The Morgan fingerprint density at radius 2 is 1.86 bits per heavy atom. The highest BCUT2D eigenvalue weighted by atomic mass is 16.1. The topological polar surface area (TPSA) is 43.1 Å². The molecule has 0 bridgehead atoms. The zero-order valence-electron chi connectivity index (χ0n) is 10.0. The van der Waals surface area contributed by atoms with E-state index in [-0.39, 0.29) is 5.92 Å². The van der Waals surface area contributed by atoms with E-state index < -0.39 is 0 Å². The molecule has 0 aliphatic carbocycles.